The number of carbonyl (C=O) groups is 1. The molecule has 1 N–H and O–H groups in total. The van der Waals surface area contributed by atoms with Gasteiger partial charge in [-0.2, -0.15) is 13.2 Å². The van der Waals surface area contributed by atoms with Gasteiger partial charge in [-0.05, 0) is 23.8 Å². The highest BCUT2D eigenvalue weighted by Crippen LogP contribution is 2.41. The van der Waals surface area contributed by atoms with Gasteiger partial charge < -0.3 is 14.7 Å². The predicted octanol–water partition coefficient (Wildman–Crippen LogP) is 3.83. The summed E-state index contributed by atoms with van der Waals surface area (Å²) in [5, 5.41) is 9.16. The number of halogens is 6. The fraction of sp³-hybridized carbons (Fsp3) is 0.250. The van der Waals surface area contributed by atoms with Crippen LogP contribution in [0.5, 0.6) is 5.75 Å². The number of amides is 1. The molecule has 0 unspecified atom stereocenters. The minimum Gasteiger partial charge on any atom is -0.405 e. The number of para-hydroxylation sites is 1. The van der Waals surface area contributed by atoms with Gasteiger partial charge >= 0.3 is 12.5 Å². The second-order valence-corrected chi connectivity index (χ2v) is 6.42. The van der Waals surface area contributed by atoms with Crippen LogP contribution in [0.3, 0.4) is 0 Å². The van der Waals surface area contributed by atoms with Crippen LogP contribution in [0.15, 0.2) is 42.5 Å². The van der Waals surface area contributed by atoms with Crippen LogP contribution >= 0.6 is 0 Å². The molecule has 158 valence electrons. The monoisotopic (exact) mass is 429 g/mol. The van der Waals surface area contributed by atoms with Crippen molar-refractivity contribution >= 4 is 5.91 Å². The number of likely N-dealkylation sites (tertiary alicyclic amines) is 1. The van der Waals surface area contributed by atoms with Crippen molar-refractivity contribution in [3.05, 3.63) is 53.6 Å². The first-order chi connectivity index (χ1) is 13.9. The van der Waals surface area contributed by atoms with Gasteiger partial charge in [-0.1, -0.05) is 30.2 Å². The molecule has 1 saturated heterocycles. The van der Waals surface area contributed by atoms with Crippen molar-refractivity contribution < 1.29 is 41.0 Å². The van der Waals surface area contributed by atoms with Crippen LogP contribution in [-0.2, 0) is 11.0 Å². The second-order valence-electron chi connectivity index (χ2n) is 6.42. The second kappa shape index (κ2) is 7.91. The van der Waals surface area contributed by atoms with E-state index in [1.54, 1.807) is 0 Å². The van der Waals surface area contributed by atoms with Crippen molar-refractivity contribution in [1.29, 1.82) is 0 Å². The van der Waals surface area contributed by atoms with Crippen molar-refractivity contribution in [2.45, 2.75) is 18.6 Å². The maximum absolute atomic E-state index is 13.6. The topological polar surface area (TPSA) is 49.8 Å². The Morgan fingerprint density at radius 3 is 2.30 bits per heavy atom. The Labute approximate surface area is 166 Å². The Morgan fingerprint density at radius 1 is 1.03 bits per heavy atom. The molecule has 0 bridgehead atoms. The third kappa shape index (κ3) is 5.04. The van der Waals surface area contributed by atoms with Gasteiger partial charge in [0, 0.05) is 30.1 Å². The molecule has 0 radical (unpaired) electrons. The number of nitrogens with zero attached hydrogens (tertiary/aromatic N) is 1. The van der Waals surface area contributed by atoms with E-state index in [4.69, 9.17) is 5.11 Å². The maximum Gasteiger partial charge on any atom is 0.573 e. The van der Waals surface area contributed by atoms with Crippen molar-refractivity contribution in [3.63, 3.8) is 0 Å². The van der Waals surface area contributed by atoms with Gasteiger partial charge in [0.15, 0.2) is 0 Å². The number of rotatable bonds is 2. The minimum atomic E-state index is -5.08. The number of aliphatic hydroxyl groups excluding tert-OH is 1. The van der Waals surface area contributed by atoms with Crippen LogP contribution in [0.1, 0.15) is 11.1 Å². The molecule has 0 aliphatic carbocycles. The van der Waals surface area contributed by atoms with E-state index in [0.717, 1.165) is 18.2 Å². The fourth-order valence-corrected chi connectivity index (χ4v) is 2.82. The average molecular weight is 429 g/mol. The Morgan fingerprint density at radius 2 is 1.70 bits per heavy atom. The average Bonchev–Trinajstić information content (AvgIpc) is 2.62. The van der Waals surface area contributed by atoms with E-state index in [1.165, 1.54) is 23.1 Å². The maximum atomic E-state index is 13.6. The number of alkyl halides is 6. The summed E-state index contributed by atoms with van der Waals surface area (Å²) in [6.07, 6.45) is -10.6. The summed E-state index contributed by atoms with van der Waals surface area (Å²) in [4.78, 5) is 13.0. The molecule has 2 aromatic carbocycles. The van der Waals surface area contributed by atoms with E-state index in [9.17, 15) is 31.1 Å². The molecule has 1 heterocycles. The van der Waals surface area contributed by atoms with Crippen molar-refractivity contribution in [2.75, 3.05) is 13.1 Å². The summed E-state index contributed by atoms with van der Waals surface area (Å²) < 4.78 is 82.5. The molecule has 1 amide bonds. The Kier molecular flexibility index (Phi) is 5.67. The normalized spacial score (nSPS) is 14.6. The van der Waals surface area contributed by atoms with Crippen molar-refractivity contribution in [3.8, 4) is 28.7 Å². The van der Waals surface area contributed by atoms with E-state index in [-0.39, 0.29) is 18.7 Å². The summed E-state index contributed by atoms with van der Waals surface area (Å²) in [5.41, 5.74) is -2.29. The smallest absolute Gasteiger partial charge is 0.405 e. The van der Waals surface area contributed by atoms with E-state index in [0.29, 0.717) is 6.07 Å². The highest BCUT2D eigenvalue weighted by Gasteiger charge is 2.36. The predicted molar refractivity (Wildman–Crippen MR) is 93.0 cm³/mol. The molecule has 0 aromatic heterocycles. The number of aliphatic hydroxyl groups is 1. The van der Waals surface area contributed by atoms with Crippen molar-refractivity contribution in [2.24, 2.45) is 0 Å². The lowest BCUT2D eigenvalue weighted by atomic mass is 9.96. The van der Waals surface area contributed by atoms with Gasteiger partial charge in [-0.15, -0.1) is 13.2 Å². The third-order valence-electron chi connectivity index (χ3n) is 4.19. The van der Waals surface area contributed by atoms with Gasteiger partial charge in [0.05, 0.1) is 11.7 Å². The molecular weight excluding hydrogens is 416 g/mol. The third-order valence-corrected chi connectivity index (χ3v) is 4.19. The van der Waals surface area contributed by atoms with Crippen LogP contribution in [0.4, 0.5) is 26.3 Å². The number of ether oxygens (including phenoxy) is 1. The van der Waals surface area contributed by atoms with Crippen LogP contribution < -0.4 is 4.74 Å². The number of β-amino-alcohol motifs (C(OH)–C–C–N with tert-alkyl or cyclic N) is 1. The number of hydrogen-bond acceptors (Lipinski definition) is 3. The standard InChI is InChI=1S/C20H13F6NO3/c21-19(22,23)16-9-12(6-8-18(29)27-10-13(28)11-27)5-7-14(16)15-3-1-2-4-17(15)30-20(24,25)26/h1-5,7,9,13,28H,10-11H2. The highest BCUT2D eigenvalue weighted by atomic mass is 19.4. The molecule has 4 nitrogen and oxygen atoms in total. The zero-order valence-corrected chi connectivity index (χ0v) is 15.0. The molecule has 1 aliphatic rings. The summed E-state index contributed by atoms with van der Waals surface area (Å²) in [6, 6.07) is 7.28. The minimum absolute atomic E-state index is 0.0935. The molecule has 1 fully saturated rings. The highest BCUT2D eigenvalue weighted by molar-refractivity contribution is 5.94. The van der Waals surface area contributed by atoms with Gasteiger partial charge in [-0.3, -0.25) is 4.79 Å². The molecule has 0 saturated carbocycles. The molecule has 3 rings (SSSR count). The number of benzene rings is 2. The first-order valence-corrected chi connectivity index (χ1v) is 8.49. The molecule has 0 atom stereocenters. The molecule has 10 heteroatoms. The molecule has 1 aliphatic heterocycles. The van der Waals surface area contributed by atoms with E-state index in [1.807, 2.05) is 0 Å². The Balaban J connectivity index is 1.99. The van der Waals surface area contributed by atoms with Gasteiger partial charge in [0.1, 0.15) is 5.75 Å². The Bertz CT molecular complexity index is 1010. The summed E-state index contributed by atoms with van der Waals surface area (Å²) >= 11 is 0. The van der Waals surface area contributed by atoms with Gasteiger partial charge in [-0.25, -0.2) is 0 Å². The molecule has 30 heavy (non-hydrogen) atoms. The molecule has 0 spiro atoms. The summed E-state index contributed by atoms with van der Waals surface area (Å²) in [5.74, 6) is 3.08. The fourth-order valence-electron chi connectivity index (χ4n) is 2.82. The summed E-state index contributed by atoms with van der Waals surface area (Å²) in [6.45, 7) is 0.187. The Hall–Kier alpha value is -3.19. The quantitative estimate of drug-likeness (QED) is 0.583. The summed E-state index contributed by atoms with van der Waals surface area (Å²) in [7, 11) is 0. The molecular formula is C20H13F6NO3. The molecule has 2 aromatic rings. The number of hydrogen-bond donors (Lipinski definition) is 1. The van der Waals surface area contributed by atoms with Crippen LogP contribution in [0.2, 0.25) is 0 Å². The lowest BCUT2D eigenvalue weighted by Crippen LogP contribution is -2.53. The lowest BCUT2D eigenvalue weighted by molar-refractivity contribution is -0.274. The van der Waals surface area contributed by atoms with E-state index >= 15 is 0 Å². The first kappa shape index (κ1) is 21.5. The number of carbonyl (C=O) groups excluding carboxylic acids is 1. The van der Waals surface area contributed by atoms with E-state index < -0.39 is 47.0 Å². The zero-order valence-electron chi connectivity index (χ0n) is 15.0. The van der Waals surface area contributed by atoms with E-state index in [2.05, 4.69) is 16.6 Å². The lowest BCUT2D eigenvalue weighted by Gasteiger charge is -2.34. The van der Waals surface area contributed by atoms with Crippen LogP contribution in [-0.4, -0.2) is 41.5 Å². The van der Waals surface area contributed by atoms with Crippen molar-refractivity contribution in [1.82, 2.24) is 4.90 Å². The zero-order chi connectivity index (χ0) is 22.1. The SMILES string of the molecule is O=C(C#Cc1ccc(-c2ccccc2OC(F)(F)F)c(C(F)(F)F)c1)N1CC(O)C1. The first-order valence-electron chi connectivity index (χ1n) is 8.49. The van der Waals surface area contributed by atoms with Crippen LogP contribution in [0.25, 0.3) is 11.1 Å². The van der Waals surface area contributed by atoms with Crippen LogP contribution in [0, 0.1) is 11.8 Å². The largest absolute Gasteiger partial charge is 0.573 e. The van der Waals surface area contributed by atoms with Gasteiger partial charge in [0.25, 0.3) is 5.91 Å². The van der Waals surface area contributed by atoms with Gasteiger partial charge in [0.2, 0.25) is 0 Å².